The first kappa shape index (κ1) is 17.2. The number of anilines is 1. The molecular weight excluding hydrogens is 302 g/mol. The van der Waals surface area contributed by atoms with Crippen molar-refractivity contribution in [1.82, 2.24) is 4.72 Å². The van der Waals surface area contributed by atoms with Crippen molar-refractivity contribution in [3.8, 4) is 18.2 Å². The average molecular weight is 315 g/mol. The maximum atomic E-state index is 12.2. The highest BCUT2D eigenvalue weighted by atomic mass is 32.2. The number of rotatable bonds is 6. The molecule has 7 nitrogen and oxygen atoms in total. The summed E-state index contributed by atoms with van der Waals surface area (Å²) in [6, 6.07) is 10.8. The van der Waals surface area contributed by atoms with E-state index in [1.165, 1.54) is 18.2 Å². The molecular formula is C14H13N5O2S. The fourth-order valence-electron chi connectivity index (χ4n) is 1.54. The van der Waals surface area contributed by atoms with Gasteiger partial charge in [-0.1, -0.05) is 19.1 Å². The molecule has 1 rings (SSSR count). The lowest BCUT2D eigenvalue weighted by Crippen LogP contribution is -2.25. The molecule has 0 aliphatic heterocycles. The second kappa shape index (κ2) is 7.80. The number of nitrogens with zero attached hydrogens (tertiary/aromatic N) is 3. The van der Waals surface area contributed by atoms with Crippen LogP contribution in [0.4, 0.5) is 5.69 Å². The zero-order valence-corrected chi connectivity index (χ0v) is 12.6. The van der Waals surface area contributed by atoms with Gasteiger partial charge in [-0.05, 0) is 18.6 Å². The third-order valence-corrected chi connectivity index (χ3v) is 4.08. The highest BCUT2D eigenvalue weighted by Crippen LogP contribution is 2.22. The van der Waals surface area contributed by atoms with Gasteiger partial charge in [0.2, 0.25) is 10.0 Å². The van der Waals surface area contributed by atoms with Crippen molar-refractivity contribution in [1.29, 1.82) is 15.8 Å². The summed E-state index contributed by atoms with van der Waals surface area (Å²) < 4.78 is 26.8. The van der Waals surface area contributed by atoms with Crippen LogP contribution in [0.25, 0.3) is 0 Å². The summed E-state index contributed by atoms with van der Waals surface area (Å²) in [4.78, 5) is -0.0635. The van der Waals surface area contributed by atoms with Gasteiger partial charge in [-0.2, -0.15) is 15.8 Å². The summed E-state index contributed by atoms with van der Waals surface area (Å²) >= 11 is 0. The fourth-order valence-corrected chi connectivity index (χ4v) is 2.83. The molecule has 0 radical (unpaired) electrons. The molecule has 0 bridgehead atoms. The number of benzene rings is 1. The molecule has 112 valence electrons. The highest BCUT2D eigenvalue weighted by molar-refractivity contribution is 7.89. The van der Waals surface area contributed by atoms with Crippen LogP contribution in [0, 0.1) is 34.0 Å². The molecule has 0 unspecified atom stereocenters. The van der Waals surface area contributed by atoms with Gasteiger partial charge in [0.05, 0.1) is 5.69 Å². The van der Waals surface area contributed by atoms with Crippen molar-refractivity contribution in [3.05, 3.63) is 35.5 Å². The van der Waals surface area contributed by atoms with E-state index in [-0.39, 0.29) is 22.8 Å². The minimum absolute atomic E-state index is 0.0635. The van der Waals surface area contributed by atoms with Crippen LogP contribution in [0.3, 0.4) is 0 Å². The molecule has 0 atom stereocenters. The minimum Gasteiger partial charge on any atom is -0.344 e. The molecule has 0 saturated heterocycles. The number of hydrogen-bond acceptors (Lipinski definition) is 6. The van der Waals surface area contributed by atoms with Gasteiger partial charge in [-0.15, -0.1) is 0 Å². The van der Waals surface area contributed by atoms with Crippen molar-refractivity contribution < 1.29 is 8.42 Å². The number of nitrogens with one attached hydrogen (secondary N) is 2. The molecule has 0 aliphatic rings. The number of nitriles is 3. The lowest BCUT2D eigenvalue weighted by molar-refractivity contribution is 0.581. The van der Waals surface area contributed by atoms with Crippen LogP contribution in [0.2, 0.25) is 0 Å². The van der Waals surface area contributed by atoms with Gasteiger partial charge >= 0.3 is 0 Å². The minimum atomic E-state index is -3.76. The Labute approximate surface area is 129 Å². The molecule has 22 heavy (non-hydrogen) atoms. The Morgan fingerprint density at radius 1 is 1.14 bits per heavy atom. The van der Waals surface area contributed by atoms with Gasteiger partial charge in [0.1, 0.15) is 28.8 Å². The first-order valence-electron chi connectivity index (χ1n) is 6.30. The van der Waals surface area contributed by atoms with Crippen molar-refractivity contribution in [2.24, 2.45) is 0 Å². The van der Waals surface area contributed by atoms with Gasteiger partial charge in [-0.25, -0.2) is 13.1 Å². The van der Waals surface area contributed by atoms with Crippen LogP contribution in [-0.2, 0) is 10.0 Å². The smallest absolute Gasteiger partial charge is 0.242 e. The monoisotopic (exact) mass is 315 g/mol. The maximum Gasteiger partial charge on any atom is 0.242 e. The Bertz CT molecular complexity index is 791. The Hall–Kier alpha value is -2.86. The topological polar surface area (TPSA) is 130 Å². The predicted molar refractivity (Wildman–Crippen MR) is 79.4 cm³/mol. The molecule has 8 heteroatoms. The van der Waals surface area contributed by atoms with Crippen LogP contribution in [0.1, 0.15) is 13.3 Å². The fraction of sp³-hybridized carbons (Fsp3) is 0.214. The molecule has 0 fully saturated rings. The van der Waals surface area contributed by atoms with E-state index in [4.69, 9.17) is 15.8 Å². The van der Waals surface area contributed by atoms with E-state index in [9.17, 15) is 8.42 Å². The first-order chi connectivity index (χ1) is 10.5. The summed E-state index contributed by atoms with van der Waals surface area (Å²) in [5.41, 5.74) is -0.606. The summed E-state index contributed by atoms with van der Waals surface area (Å²) in [6.07, 6.45) is 0.630. The highest BCUT2D eigenvalue weighted by Gasteiger charge is 2.18. The Morgan fingerprint density at radius 2 is 1.77 bits per heavy atom. The van der Waals surface area contributed by atoms with Crippen molar-refractivity contribution in [2.45, 2.75) is 18.2 Å². The van der Waals surface area contributed by atoms with E-state index < -0.39 is 15.6 Å². The van der Waals surface area contributed by atoms with Gasteiger partial charge in [-0.3, -0.25) is 0 Å². The quantitative estimate of drug-likeness (QED) is 0.767. The van der Waals surface area contributed by atoms with E-state index in [1.807, 2.05) is 6.92 Å². The molecule has 2 N–H and O–H groups in total. The van der Waals surface area contributed by atoms with E-state index in [0.717, 1.165) is 0 Å². The lowest BCUT2D eigenvalue weighted by Gasteiger charge is -2.12. The molecule has 0 heterocycles. The van der Waals surface area contributed by atoms with Gasteiger partial charge in [0, 0.05) is 6.54 Å². The zero-order valence-electron chi connectivity index (χ0n) is 11.8. The standard InChI is InChI=1S/C14H13N5O2S/c1-2-7-18-22(20,21)14-6-4-3-5-12(14)19-13(10-17)11(8-15)9-16/h3-6,18-19H,2,7H2,1H3. The Balaban J connectivity index is 3.31. The molecule has 0 amide bonds. The van der Waals surface area contributed by atoms with E-state index in [2.05, 4.69) is 10.0 Å². The number of hydrogen-bond donors (Lipinski definition) is 2. The van der Waals surface area contributed by atoms with E-state index >= 15 is 0 Å². The van der Waals surface area contributed by atoms with Crippen LogP contribution < -0.4 is 10.0 Å². The molecule has 1 aromatic carbocycles. The van der Waals surface area contributed by atoms with Crippen LogP contribution in [0.5, 0.6) is 0 Å². The van der Waals surface area contributed by atoms with Gasteiger partial charge in [0.15, 0.2) is 5.57 Å². The van der Waals surface area contributed by atoms with E-state index in [1.54, 1.807) is 24.3 Å². The van der Waals surface area contributed by atoms with Crippen LogP contribution in [-0.4, -0.2) is 15.0 Å². The summed E-state index contributed by atoms with van der Waals surface area (Å²) in [7, 11) is -3.76. The summed E-state index contributed by atoms with van der Waals surface area (Å²) in [5, 5.41) is 29.2. The zero-order chi connectivity index (χ0) is 16.6. The summed E-state index contributed by atoms with van der Waals surface area (Å²) in [6.45, 7) is 2.11. The number of sulfonamides is 1. The SMILES string of the molecule is CCCNS(=O)(=O)c1ccccc1NC(C#N)=C(C#N)C#N. The third kappa shape index (κ3) is 4.07. The number of allylic oxidation sites excluding steroid dienone is 2. The molecule has 0 saturated carbocycles. The van der Waals surface area contributed by atoms with Crippen molar-refractivity contribution in [3.63, 3.8) is 0 Å². The number of para-hydroxylation sites is 1. The summed E-state index contributed by atoms with van der Waals surface area (Å²) in [5.74, 6) is 0. The normalized spacial score (nSPS) is 9.91. The first-order valence-corrected chi connectivity index (χ1v) is 7.78. The second-order valence-corrected chi connectivity index (χ2v) is 5.84. The van der Waals surface area contributed by atoms with Gasteiger partial charge < -0.3 is 5.32 Å². The average Bonchev–Trinajstić information content (AvgIpc) is 2.53. The Morgan fingerprint density at radius 3 is 2.32 bits per heavy atom. The van der Waals surface area contributed by atoms with Crippen molar-refractivity contribution in [2.75, 3.05) is 11.9 Å². The maximum absolute atomic E-state index is 12.2. The molecule has 1 aromatic rings. The second-order valence-electron chi connectivity index (χ2n) is 4.10. The van der Waals surface area contributed by atoms with Crippen molar-refractivity contribution >= 4 is 15.7 Å². The molecule has 0 aromatic heterocycles. The van der Waals surface area contributed by atoms with Gasteiger partial charge in [0.25, 0.3) is 0 Å². The largest absolute Gasteiger partial charge is 0.344 e. The third-order valence-electron chi connectivity index (χ3n) is 2.56. The van der Waals surface area contributed by atoms with E-state index in [0.29, 0.717) is 6.42 Å². The lowest BCUT2D eigenvalue weighted by atomic mass is 10.2. The molecule has 0 spiro atoms. The van der Waals surface area contributed by atoms with Crippen LogP contribution in [0.15, 0.2) is 40.4 Å². The molecule has 0 aliphatic carbocycles. The van der Waals surface area contributed by atoms with Crippen LogP contribution >= 0.6 is 0 Å². The Kier molecular flexibility index (Phi) is 6.09. The predicted octanol–water partition coefficient (Wildman–Crippen LogP) is 1.61.